The lowest BCUT2D eigenvalue weighted by molar-refractivity contribution is -0.131. The summed E-state index contributed by atoms with van der Waals surface area (Å²) in [5.74, 6) is -0.382. The van der Waals surface area contributed by atoms with Gasteiger partial charge in [-0.05, 0) is 53.7 Å². The standard InChI is InChI=1S/C20H23BrN2O4S/c1-12(24)27-18-9-14-16(10-15(18)21)23(13-5-6-13)17(19(14)20(25)26)11-28-22-7-3-2-4-8-22/h9-10,13H,2-8,11H2,1H3,(H,25,26). The summed E-state index contributed by atoms with van der Waals surface area (Å²) in [6.07, 6.45) is 5.79. The Bertz CT molecular complexity index is 932. The van der Waals surface area contributed by atoms with Crippen molar-refractivity contribution < 1.29 is 19.4 Å². The molecule has 0 spiro atoms. The average molecular weight is 467 g/mol. The Morgan fingerprint density at radius 2 is 1.96 bits per heavy atom. The number of aromatic carboxylic acids is 1. The van der Waals surface area contributed by atoms with Crippen LogP contribution in [0.4, 0.5) is 0 Å². The van der Waals surface area contributed by atoms with E-state index in [1.165, 1.54) is 26.2 Å². The first-order chi connectivity index (χ1) is 13.5. The highest BCUT2D eigenvalue weighted by Gasteiger charge is 2.32. The smallest absolute Gasteiger partial charge is 0.338 e. The molecule has 1 N–H and O–H groups in total. The predicted molar refractivity (Wildman–Crippen MR) is 113 cm³/mol. The molecule has 4 rings (SSSR count). The van der Waals surface area contributed by atoms with Crippen LogP contribution in [0.15, 0.2) is 16.6 Å². The SMILES string of the molecule is CC(=O)Oc1cc2c(C(=O)O)c(CSN3CCCCC3)n(C3CC3)c2cc1Br. The summed E-state index contributed by atoms with van der Waals surface area (Å²) in [6, 6.07) is 3.91. The molecule has 2 heterocycles. The van der Waals surface area contributed by atoms with Crippen molar-refractivity contribution in [2.75, 3.05) is 13.1 Å². The van der Waals surface area contributed by atoms with Gasteiger partial charge in [0.1, 0.15) is 5.75 Å². The van der Waals surface area contributed by atoms with E-state index in [4.69, 9.17) is 4.74 Å². The van der Waals surface area contributed by atoms with Crippen molar-refractivity contribution in [3.8, 4) is 5.75 Å². The third-order valence-electron chi connectivity index (χ3n) is 5.24. The minimum absolute atomic E-state index is 0.326. The molecule has 8 heteroatoms. The maximum Gasteiger partial charge on any atom is 0.338 e. The Morgan fingerprint density at radius 3 is 2.57 bits per heavy atom. The Kier molecular flexibility index (Phi) is 5.71. The molecular weight excluding hydrogens is 444 g/mol. The van der Waals surface area contributed by atoms with Crippen molar-refractivity contribution >= 4 is 50.7 Å². The first-order valence-electron chi connectivity index (χ1n) is 9.61. The number of esters is 1. The Hall–Kier alpha value is -1.51. The van der Waals surface area contributed by atoms with Crippen molar-refractivity contribution in [1.29, 1.82) is 0 Å². The highest BCUT2D eigenvalue weighted by molar-refractivity contribution is 9.10. The molecule has 1 saturated heterocycles. The lowest BCUT2D eigenvalue weighted by Gasteiger charge is -2.25. The van der Waals surface area contributed by atoms with Crippen LogP contribution in [-0.2, 0) is 10.5 Å². The normalized spacial score (nSPS) is 17.8. The number of fused-ring (bicyclic) bond motifs is 1. The van der Waals surface area contributed by atoms with Gasteiger partial charge < -0.3 is 14.4 Å². The average Bonchev–Trinajstić information content (AvgIpc) is 3.43. The van der Waals surface area contributed by atoms with Crippen LogP contribution < -0.4 is 4.74 Å². The zero-order valence-corrected chi connectivity index (χ0v) is 18.1. The molecule has 1 saturated carbocycles. The first kappa shape index (κ1) is 19.8. The molecule has 2 aromatic rings. The van der Waals surface area contributed by atoms with Crippen LogP contribution in [0.3, 0.4) is 0 Å². The fraction of sp³-hybridized carbons (Fsp3) is 0.500. The van der Waals surface area contributed by atoms with Crippen LogP contribution in [0.25, 0.3) is 10.9 Å². The number of ether oxygens (including phenoxy) is 1. The first-order valence-corrected chi connectivity index (χ1v) is 11.3. The highest BCUT2D eigenvalue weighted by Crippen LogP contribution is 2.45. The predicted octanol–water partition coefficient (Wildman–Crippen LogP) is 5.00. The number of carbonyl (C=O) groups excluding carboxylic acids is 1. The molecule has 0 atom stereocenters. The van der Waals surface area contributed by atoms with Crippen molar-refractivity contribution in [3.05, 3.63) is 27.9 Å². The molecule has 0 amide bonds. The summed E-state index contributed by atoms with van der Waals surface area (Å²) < 4.78 is 10.5. The van der Waals surface area contributed by atoms with Crippen LogP contribution >= 0.6 is 27.9 Å². The van der Waals surface area contributed by atoms with Gasteiger partial charge in [0.25, 0.3) is 0 Å². The number of carbonyl (C=O) groups is 2. The molecule has 1 aromatic heterocycles. The summed E-state index contributed by atoms with van der Waals surface area (Å²) in [6.45, 7) is 3.45. The Balaban J connectivity index is 1.79. The van der Waals surface area contributed by atoms with E-state index in [0.717, 1.165) is 37.1 Å². The molecule has 1 aliphatic heterocycles. The van der Waals surface area contributed by atoms with E-state index >= 15 is 0 Å². The number of carboxylic acids is 1. The van der Waals surface area contributed by atoms with Gasteiger partial charge in [-0.25, -0.2) is 4.79 Å². The summed E-state index contributed by atoms with van der Waals surface area (Å²) in [4.78, 5) is 23.6. The van der Waals surface area contributed by atoms with E-state index in [1.54, 1.807) is 18.0 Å². The molecule has 6 nitrogen and oxygen atoms in total. The van der Waals surface area contributed by atoms with Crippen molar-refractivity contribution in [2.24, 2.45) is 0 Å². The van der Waals surface area contributed by atoms with Crippen molar-refractivity contribution in [3.63, 3.8) is 0 Å². The van der Waals surface area contributed by atoms with Gasteiger partial charge in [0.15, 0.2) is 0 Å². The number of halogens is 1. The molecule has 0 unspecified atom stereocenters. The van der Waals surface area contributed by atoms with E-state index in [9.17, 15) is 14.7 Å². The second-order valence-corrected chi connectivity index (χ2v) is 9.30. The number of hydrogen-bond donors (Lipinski definition) is 1. The van der Waals surface area contributed by atoms with Gasteiger partial charge >= 0.3 is 11.9 Å². The van der Waals surface area contributed by atoms with Crippen LogP contribution in [0.1, 0.15) is 61.1 Å². The third-order valence-corrected chi connectivity index (χ3v) is 6.99. The Morgan fingerprint density at radius 1 is 1.25 bits per heavy atom. The van der Waals surface area contributed by atoms with Crippen molar-refractivity contribution in [2.45, 2.75) is 50.8 Å². The second kappa shape index (κ2) is 8.08. The van der Waals surface area contributed by atoms with Crippen molar-refractivity contribution in [1.82, 2.24) is 8.87 Å². The topological polar surface area (TPSA) is 71.8 Å². The molecule has 0 radical (unpaired) electrons. The number of hydrogen-bond acceptors (Lipinski definition) is 5. The van der Waals surface area contributed by atoms with Crippen LogP contribution in [0.2, 0.25) is 0 Å². The molecule has 28 heavy (non-hydrogen) atoms. The monoisotopic (exact) mass is 466 g/mol. The van der Waals surface area contributed by atoms with E-state index in [-0.39, 0.29) is 0 Å². The number of rotatable bonds is 6. The Labute approximate surface area is 176 Å². The van der Waals surface area contributed by atoms with Gasteiger partial charge in [0.2, 0.25) is 0 Å². The highest BCUT2D eigenvalue weighted by atomic mass is 79.9. The molecule has 0 bridgehead atoms. The van der Waals surface area contributed by atoms with Crippen LogP contribution in [0, 0.1) is 0 Å². The number of nitrogens with zero attached hydrogens (tertiary/aromatic N) is 2. The van der Waals surface area contributed by atoms with Gasteiger partial charge in [-0.3, -0.25) is 9.10 Å². The van der Waals surface area contributed by atoms with Gasteiger partial charge in [-0.15, -0.1) is 0 Å². The van der Waals surface area contributed by atoms with Crippen LogP contribution in [-0.4, -0.2) is 39.0 Å². The summed E-state index contributed by atoms with van der Waals surface area (Å²) in [5.41, 5.74) is 2.07. The molecular formula is C20H23BrN2O4S. The van der Waals surface area contributed by atoms with E-state index in [2.05, 4.69) is 24.8 Å². The van der Waals surface area contributed by atoms with Gasteiger partial charge in [0, 0.05) is 42.9 Å². The van der Waals surface area contributed by atoms with Crippen LogP contribution in [0.5, 0.6) is 5.75 Å². The quantitative estimate of drug-likeness (QED) is 0.367. The number of piperidine rings is 1. The summed E-state index contributed by atoms with van der Waals surface area (Å²) in [7, 11) is 0. The zero-order chi connectivity index (χ0) is 19.8. The lowest BCUT2D eigenvalue weighted by Crippen LogP contribution is -2.23. The largest absolute Gasteiger partial charge is 0.478 e. The fourth-order valence-corrected chi connectivity index (χ4v) is 5.39. The van der Waals surface area contributed by atoms with E-state index in [0.29, 0.717) is 33.0 Å². The molecule has 2 aliphatic rings. The van der Waals surface area contributed by atoms with Gasteiger partial charge in [-0.2, -0.15) is 0 Å². The minimum atomic E-state index is -0.935. The number of benzene rings is 1. The molecule has 150 valence electrons. The molecule has 2 fully saturated rings. The fourth-order valence-electron chi connectivity index (χ4n) is 3.87. The molecule has 1 aromatic carbocycles. The van der Waals surface area contributed by atoms with Gasteiger partial charge in [-0.1, -0.05) is 18.4 Å². The van der Waals surface area contributed by atoms with E-state index < -0.39 is 11.9 Å². The molecule has 1 aliphatic carbocycles. The zero-order valence-electron chi connectivity index (χ0n) is 15.7. The maximum absolute atomic E-state index is 12.2. The maximum atomic E-state index is 12.2. The van der Waals surface area contributed by atoms with E-state index in [1.807, 2.05) is 6.07 Å². The third kappa shape index (κ3) is 3.95. The number of aromatic nitrogens is 1. The summed E-state index contributed by atoms with van der Waals surface area (Å²) in [5, 5.41) is 10.6. The number of carboxylic acid groups (broad SMARTS) is 1. The second-order valence-electron chi connectivity index (χ2n) is 7.38. The van der Waals surface area contributed by atoms with Gasteiger partial charge in [0.05, 0.1) is 15.6 Å². The summed E-state index contributed by atoms with van der Waals surface area (Å²) >= 11 is 5.20. The lowest BCUT2D eigenvalue weighted by atomic mass is 10.1. The minimum Gasteiger partial charge on any atom is -0.478 e.